The molecule has 7 heteroatoms. The maximum absolute atomic E-state index is 12.5. The van der Waals surface area contributed by atoms with Gasteiger partial charge in [-0.15, -0.1) is 0 Å². The van der Waals surface area contributed by atoms with E-state index in [-0.39, 0.29) is 4.90 Å². The lowest BCUT2D eigenvalue weighted by molar-refractivity contribution is 0.568. The van der Waals surface area contributed by atoms with Gasteiger partial charge in [0.05, 0.1) is 23.0 Å². The minimum Gasteiger partial charge on any atom is -0.341 e. The Balaban J connectivity index is 1.76. The molecule has 0 aliphatic carbocycles. The Labute approximate surface area is 143 Å². The molecule has 0 saturated carbocycles. The van der Waals surface area contributed by atoms with Crippen LogP contribution < -0.4 is 9.62 Å². The molecule has 0 radical (unpaired) electrons. The third-order valence-electron chi connectivity index (χ3n) is 4.32. The van der Waals surface area contributed by atoms with Crippen molar-refractivity contribution in [3.63, 3.8) is 0 Å². The fraction of sp³-hybridized carbons (Fsp3) is 0.412. The van der Waals surface area contributed by atoms with Gasteiger partial charge in [-0.05, 0) is 56.4 Å². The average molecular weight is 346 g/mol. The molecular weight excluding hydrogens is 324 g/mol. The lowest BCUT2D eigenvalue weighted by atomic mass is 10.1. The molecule has 0 spiro atoms. The molecule has 0 unspecified atom stereocenters. The molecular formula is C17H22N4O2S. The SMILES string of the molecule is Cc1ccc(S(=O)(=O)Nc2cnc(N3CCCCC3)nc2)cc1C. The molecule has 6 nitrogen and oxygen atoms in total. The van der Waals surface area contributed by atoms with E-state index in [4.69, 9.17) is 0 Å². The maximum atomic E-state index is 12.5. The molecule has 2 heterocycles. The Morgan fingerprint density at radius 3 is 2.29 bits per heavy atom. The summed E-state index contributed by atoms with van der Waals surface area (Å²) in [5, 5.41) is 0. The zero-order valence-electron chi connectivity index (χ0n) is 14.0. The van der Waals surface area contributed by atoms with Gasteiger partial charge in [0.25, 0.3) is 10.0 Å². The Morgan fingerprint density at radius 1 is 1.00 bits per heavy atom. The number of nitrogens with zero attached hydrogens (tertiary/aromatic N) is 3. The van der Waals surface area contributed by atoms with E-state index in [1.807, 2.05) is 13.8 Å². The highest BCUT2D eigenvalue weighted by atomic mass is 32.2. The van der Waals surface area contributed by atoms with Crippen LogP contribution >= 0.6 is 0 Å². The molecule has 24 heavy (non-hydrogen) atoms. The molecule has 1 aromatic carbocycles. The molecule has 0 bridgehead atoms. The van der Waals surface area contributed by atoms with Crippen molar-refractivity contribution >= 4 is 21.7 Å². The summed E-state index contributed by atoms with van der Waals surface area (Å²) in [6, 6.07) is 5.08. The summed E-state index contributed by atoms with van der Waals surface area (Å²) in [7, 11) is -3.63. The van der Waals surface area contributed by atoms with Crippen molar-refractivity contribution in [3.05, 3.63) is 41.7 Å². The van der Waals surface area contributed by atoms with Gasteiger partial charge in [0, 0.05) is 13.1 Å². The summed E-state index contributed by atoms with van der Waals surface area (Å²) in [4.78, 5) is 11.0. The standard InChI is InChI=1S/C17H22N4O2S/c1-13-6-7-16(10-14(13)2)24(22,23)20-15-11-18-17(19-12-15)21-8-4-3-5-9-21/h6-7,10-12,20H,3-5,8-9H2,1-2H3. The fourth-order valence-electron chi connectivity index (χ4n) is 2.73. The third-order valence-corrected chi connectivity index (χ3v) is 5.70. The van der Waals surface area contributed by atoms with Gasteiger partial charge in [0.2, 0.25) is 5.95 Å². The van der Waals surface area contributed by atoms with Gasteiger partial charge in [-0.2, -0.15) is 0 Å². The zero-order valence-corrected chi connectivity index (χ0v) is 14.8. The van der Waals surface area contributed by atoms with E-state index in [1.54, 1.807) is 18.2 Å². The number of aromatic nitrogens is 2. The first kappa shape index (κ1) is 16.7. The normalized spacial score (nSPS) is 15.3. The minimum absolute atomic E-state index is 0.241. The van der Waals surface area contributed by atoms with E-state index < -0.39 is 10.0 Å². The van der Waals surface area contributed by atoms with Gasteiger partial charge >= 0.3 is 0 Å². The second-order valence-corrected chi connectivity index (χ2v) is 7.85. The summed E-state index contributed by atoms with van der Waals surface area (Å²) >= 11 is 0. The molecule has 0 amide bonds. The van der Waals surface area contributed by atoms with Gasteiger partial charge < -0.3 is 4.90 Å². The van der Waals surface area contributed by atoms with Crippen LogP contribution in [0.5, 0.6) is 0 Å². The Morgan fingerprint density at radius 2 is 1.67 bits per heavy atom. The van der Waals surface area contributed by atoms with E-state index in [0.717, 1.165) is 37.1 Å². The first-order valence-electron chi connectivity index (χ1n) is 8.13. The molecule has 1 fully saturated rings. The molecule has 1 aliphatic rings. The van der Waals surface area contributed by atoms with E-state index in [9.17, 15) is 8.42 Å². The number of benzene rings is 1. The topological polar surface area (TPSA) is 75.2 Å². The monoisotopic (exact) mass is 346 g/mol. The average Bonchev–Trinajstić information content (AvgIpc) is 2.58. The highest BCUT2D eigenvalue weighted by Gasteiger charge is 2.17. The number of piperidine rings is 1. The summed E-state index contributed by atoms with van der Waals surface area (Å²) in [5.41, 5.74) is 2.37. The van der Waals surface area contributed by atoms with Gasteiger partial charge in [-0.3, -0.25) is 4.72 Å². The second kappa shape index (κ2) is 6.76. The molecule has 1 N–H and O–H groups in total. The van der Waals surface area contributed by atoms with Crippen LogP contribution in [-0.4, -0.2) is 31.5 Å². The lowest BCUT2D eigenvalue weighted by Gasteiger charge is -2.26. The number of hydrogen-bond acceptors (Lipinski definition) is 5. The number of aryl methyl sites for hydroxylation is 2. The number of nitrogens with one attached hydrogen (secondary N) is 1. The van der Waals surface area contributed by atoms with Gasteiger partial charge in [-0.25, -0.2) is 18.4 Å². The van der Waals surface area contributed by atoms with Crippen molar-refractivity contribution in [2.45, 2.75) is 38.0 Å². The third kappa shape index (κ3) is 3.67. The first-order valence-corrected chi connectivity index (χ1v) is 9.61. The largest absolute Gasteiger partial charge is 0.341 e. The van der Waals surface area contributed by atoms with Crippen LogP contribution in [0.15, 0.2) is 35.5 Å². The van der Waals surface area contributed by atoms with Crippen molar-refractivity contribution in [3.8, 4) is 0 Å². The van der Waals surface area contributed by atoms with E-state index in [1.165, 1.54) is 18.8 Å². The number of rotatable bonds is 4. The predicted molar refractivity (Wildman–Crippen MR) is 94.8 cm³/mol. The van der Waals surface area contributed by atoms with E-state index in [2.05, 4.69) is 19.6 Å². The molecule has 3 rings (SSSR count). The molecule has 0 atom stereocenters. The van der Waals surface area contributed by atoms with Gasteiger partial charge in [0.1, 0.15) is 0 Å². The number of sulfonamides is 1. The maximum Gasteiger partial charge on any atom is 0.262 e. The molecule has 1 saturated heterocycles. The highest BCUT2D eigenvalue weighted by molar-refractivity contribution is 7.92. The van der Waals surface area contributed by atoms with E-state index >= 15 is 0 Å². The summed E-state index contributed by atoms with van der Waals surface area (Å²) in [6.07, 6.45) is 6.57. The minimum atomic E-state index is -3.63. The summed E-state index contributed by atoms with van der Waals surface area (Å²) in [5.74, 6) is 0.656. The Hall–Kier alpha value is -2.15. The van der Waals surface area contributed by atoms with Crippen molar-refractivity contribution in [2.75, 3.05) is 22.7 Å². The van der Waals surface area contributed by atoms with Crippen LogP contribution in [-0.2, 0) is 10.0 Å². The van der Waals surface area contributed by atoms with Crippen molar-refractivity contribution < 1.29 is 8.42 Å². The zero-order chi connectivity index (χ0) is 17.2. The van der Waals surface area contributed by atoms with Crippen LogP contribution in [0.3, 0.4) is 0 Å². The lowest BCUT2D eigenvalue weighted by Crippen LogP contribution is -2.30. The van der Waals surface area contributed by atoms with Crippen LogP contribution in [0.1, 0.15) is 30.4 Å². The molecule has 128 valence electrons. The van der Waals surface area contributed by atoms with Crippen LogP contribution in [0, 0.1) is 13.8 Å². The molecule has 1 aromatic heterocycles. The summed E-state index contributed by atoms with van der Waals surface area (Å²) in [6.45, 7) is 5.75. The van der Waals surface area contributed by atoms with Crippen LogP contribution in [0.2, 0.25) is 0 Å². The summed E-state index contributed by atoms with van der Waals surface area (Å²) < 4.78 is 27.5. The quantitative estimate of drug-likeness (QED) is 0.921. The van der Waals surface area contributed by atoms with Crippen LogP contribution in [0.4, 0.5) is 11.6 Å². The number of anilines is 2. The van der Waals surface area contributed by atoms with Crippen LogP contribution in [0.25, 0.3) is 0 Å². The molecule has 2 aromatic rings. The van der Waals surface area contributed by atoms with Crippen molar-refractivity contribution in [1.82, 2.24) is 9.97 Å². The molecule has 1 aliphatic heterocycles. The fourth-order valence-corrected chi connectivity index (χ4v) is 3.84. The van der Waals surface area contributed by atoms with Gasteiger partial charge in [-0.1, -0.05) is 6.07 Å². The predicted octanol–water partition coefficient (Wildman–Crippen LogP) is 2.88. The first-order chi connectivity index (χ1) is 11.5. The smallest absolute Gasteiger partial charge is 0.262 e. The van der Waals surface area contributed by atoms with Crippen molar-refractivity contribution in [2.24, 2.45) is 0 Å². The van der Waals surface area contributed by atoms with Gasteiger partial charge in [0.15, 0.2) is 0 Å². The highest BCUT2D eigenvalue weighted by Crippen LogP contribution is 2.20. The number of hydrogen-bond donors (Lipinski definition) is 1. The Bertz CT molecular complexity index is 813. The van der Waals surface area contributed by atoms with E-state index in [0.29, 0.717) is 11.6 Å². The van der Waals surface area contributed by atoms with Crippen molar-refractivity contribution in [1.29, 1.82) is 0 Å². The second-order valence-electron chi connectivity index (χ2n) is 6.17. The Kier molecular flexibility index (Phi) is 4.71.